The summed E-state index contributed by atoms with van der Waals surface area (Å²) in [6.07, 6.45) is 0. The summed E-state index contributed by atoms with van der Waals surface area (Å²) in [5, 5.41) is 14.8. The number of hydrazone groups is 1. The van der Waals surface area contributed by atoms with Crippen molar-refractivity contribution < 1.29 is 9.59 Å². The van der Waals surface area contributed by atoms with E-state index in [1.165, 1.54) is 5.01 Å². The van der Waals surface area contributed by atoms with Crippen LogP contribution in [0.4, 0.5) is 17.1 Å². The second-order valence-corrected chi connectivity index (χ2v) is 10.3. The number of carbonyl (C=O) groups excluding carboxylic acids is 2. The molecule has 0 bridgehead atoms. The smallest absolute Gasteiger partial charge is 0.300 e. The zero-order valence-corrected chi connectivity index (χ0v) is 24.2. The van der Waals surface area contributed by atoms with Gasteiger partial charge in [-0.2, -0.15) is 10.1 Å². The fraction of sp³-hybridized carbons (Fsp3) is 0.139. The summed E-state index contributed by atoms with van der Waals surface area (Å²) in [6.45, 7) is 5.99. The van der Waals surface area contributed by atoms with Gasteiger partial charge in [-0.05, 0) is 73.2 Å². The molecule has 1 aliphatic heterocycles. The number of para-hydroxylation sites is 1. The molecule has 0 aromatic heterocycles. The highest BCUT2D eigenvalue weighted by molar-refractivity contribution is 6.33. The summed E-state index contributed by atoms with van der Waals surface area (Å²) in [7, 11) is 0. The summed E-state index contributed by atoms with van der Waals surface area (Å²) in [5.74, 6) is -0.817. The summed E-state index contributed by atoms with van der Waals surface area (Å²) in [5.41, 5.74) is 2.19. The summed E-state index contributed by atoms with van der Waals surface area (Å²) < 4.78 is 0. The Hall–Kier alpha value is -5.43. The van der Waals surface area contributed by atoms with Crippen LogP contribution in [0, 0.1) is 0 Å². The van der Waals surface area contributed by atoms with Crippen molar-refractivity contribution in [3.8, 4) is 0 Å². The molecule has 43 heavy (non-hydrogen) atoms. The number of nitrogens with zero attached hydrogens (tertiary/aromatic N) is 3. The molecule has 0 radical (unpaired) electrons. The van der Waals surface area contributed by atoms with Crippen molar-refractivity contribution in [3.05, 3.63) is 139 Å². The van der Waals surface area contributed by atoms with Crippen molar-refractivity contribution >= 4 is 45.4 Å². The quantitative estimate of drug-likeness (QED) is 0.195. The van der Waals surface area contributed by atoms with Gasteiger partial charge in [-0.15, -0.1) is 0 Å². The molecule has 5 aromatic carbocycles. The number of benzene rings is 5. The first-order valence-electron chi connectivity index (χ1n) is 14.5. The third kappa shape index (κ3) is 5.21. The molecule has 0 fully saturated rings. The van der Waals surface area contributed by atoms with E-state index in [1.54, 1.807) is 24.3 Å². The number of amides is 2. The highest BCUT2D eigenvalue weighted by atomic mass is 16.2. The lowest BCUT2D eigenvalue weighted by molar-refractivity contribution is -0.120. The molecular formula is C36H33N5O2. The average molecular weight is 568 g/mol. The molecule has 2 amide bonds. The minimum atomic E-state index is -1.72. The molecule has 2 N–H and O–H groups in total. The number of nitrogens with one attached hydrogen (secondary N) is 2. The van der Waals surface area contributed by atoms with E-state index in [4.69, 9.17) is 5.10 Å². The van der Waals surface area contributed by atoms with E-state index in [0.717, 1.165) is 35.1 Å². The fourth-order valence-corrected chi connectivity index (χ4v) is 5.56. The van der Waals surface area contributed by atoms with Crippen LogP contribution in [0.2, 0.25) is 0 Å². The normalized spacial score (nSPS) is 16.2. The van der Waals surface area contributed by atoms with E-state index in [9.17, 15) is 9.59 Å². The van der Waals surface area contributed by atoms with Gasteiger partial charge in [0.2, 0.25) is 5.66 Å². The van der Waals surface area contributed by atoms with Gasteiger partial charge in [-0.25, -0.2) is 0 Å². The number of anilines is 3. The minimum Gasteiger partial charge on any atom is -0.372 e. The van der Waals surface area contributed by atoms with Crippen molar-refractivity contribution in [1.29, 1.82) is 0 Å². The first-order chi connectivity index (χ1) is 21.0. The lowest BCUT2D eigenvalue weighted by Crippen LogP contribution is -2.65. The van der Waals surface area contributed by atoms with Crippen LogP contribution in [0.15, 0.2) is 132 Å². The minimum absolute atomic E-state index is 0.398. The van der Waals surface area contributed by atoms with Crippen LogP contribution in [-0.2, 0) is 4.79 Å². The summed E-state index contributed by atoms with van der Waals surface area (Å²) in [4.78, 5) is 30.8. The van der Waals surface area contributed by atoms with Crippen LogP contribution in [0.25, 0.3) is 10.8 Å². The molecule has 0 aliphatic carbocycles. The third-order valence-electron chi connectivity index (χ3n) is 7.78. The van der Waals surface area contributed by atoms with Gasteiger partial charge >= 0.3 is 5.91 Å². The Morgan fingerprint density at radius 3 is 2.09 bits per heavy atom. The molecule has 0 spiro atoms. The highest BCUT2D eigenvalue weighted by Crippen LogP contribution is 2.34. The van der Waals surface area contributed by atoms with Gasteiger partial charge in [0.05, 0.1) is 5.69 Å². The first-order valence-corrected chi connectivity index (χ1v) is 14.5. The van der Waals surface area contributed by atoms with E-state index < -0.39 is 17.5 Å². The van der Waals surface area contributed by atoms with Crippen LogP contribution < -0.4 is 20.5 Å². The Labute approximate surface area is 251 Å². The van der Waals surface area contributed by atoms with Crippen molar-refractivity contribution in [2.75, 3.05) is 28.3 Å². The Morgan fingerprint density at radius 2 is 1.40 bits per heavy atom. The monoisotopic (exact) mass is 567 g/mol. The van der Waals surface area contributed by atoms with Crippen molar-refractivity contribution in [3.63, 3.8) is 0 Å². The Bertz CT molecular complexity index is 1780. The fourth-order valence-electron chi connectivity index (χ4n) is 5.56. The Kier molecular flexibility index (Phi) is 7.62. The van der Waals surface area contributed by atoms with E-state index in [1.807, 2.05) is 103 Å². The largest absolute Gasteiger partial charge is 0.372 e. The molecule has 5 aromatic rings. The SMILES string of the molecule is CCN(CC)c1ccc(NC2(NC(=O)c3ccccc3)C(=O)N(c3ccccc3)N=C2c2cccc3ccccc23)cc1. The van der Waals surface area contributed by atoms with Crippen molar-refractivity contribution in [2.45, 2.75) is 19.5 Å². The second-order valence-electron chi connectivity index (χ2n) is 10.3. The lowest BCUT2D eigenvalue weighted by atomic mass is 9.91. The molecule has 0 saturated carbocycles. The maximum atomic E-state index is 14.7. The van der Waals surface area contributed by atoms with Crippen LogP contribution in [0.3, 0.4) is 0 Å². The van der Waals surface area contributed by atoms with E-state index >= 15 is 0 Å². The molecule has 1 atom stereocenters. The number of rotatable bonds is 9. The van der Waals surface area contributed by atoms with E-state index in [0.29, 0.717) is 22.6 Å². The second kappa shape index (κ2) is 11.8. The van der Waals surface area contributed by atoms with Gasteiger partial charge in [-0.1, -0.05) is 78.9 Å². The van der Waals surface area contributed by atoms with E-state index in [-0.39, 0.29) is 0 Å². The molecule has 1 aliphatic rings. The van der Waals surface area contributed by atoms with Crippen LogP contribution in [0.5, 0.6) is 0 Å². The number of hydrogen-bond donors (Lipinski definition) is 2. The zero-order chi connectivity index (χ0) is 29.8. The van der Waals surface area contributed by atoms with Crippen LogP contribution in [0.1, 0.15) is 29.8 Å². The Balaban J connectivity index is 1.54. The molecule has 214 valence electrons. The third-order valence-corrected chi connectivity index (χ3v) is 7.78. The molecular weight excluding hydrogens is 534 g/mol. The maximum absolute atomic E-state index is 14.7. The van der Waals surface area contributed by atoms with Gasteiger partial charge in [0.25, 0.3) is 5.91 Å². The summed E-state index contributed by atoms with van der Waals surface area (Å²) in [6, 6.07) is 39.9. The molecule has 0 saturated heterocycles. The summed E-state index contributed by atoms with van der Waals surface area (Å²) >= 11 is 0. The molecule has 1 unspecified atom stereocenters. The molecule has 6 rings (SSSR count). The number of fused-ring (bicyclic) bond motifs is 1. The van der Waals surface area contributed by atoms with Gasteiger partial charge in [0.1, 0.15) is 5.71 Å². The zero-order valence-electron chi connectivity index (χ0n) is 24.2. The predicted octanol–water partition coefficient (Wildman–Crippen LogP) is 6.68. The van der Waals surface area contributed by atoms with E-state index in [2.05, 4.69) is 29.4 Å². The van der Waals surface area contributed by atoms with Crippen molar-refractivity contribution in [1.82, 2.24) is 5.32 Å². The standard InChI is InChI=1S/C36H33N5O2/c1-3-40(4-2)29-24-22-28(23-25-29)37-36(38-34(42)27-15-7-5-8-16-27)33(32-21-13-17-26-14-11-12-20-31(26)32)39-41(35(36)43)30-18-9-6-10-19-30/h5-25,37H,3-4H2,1-2H3,(H,38,42). The predicted molar refractivity (Wildman–Crippen MR) is 175 cm³/mol. The van der Waals surface area contributed by atoms with Gasteiger partial charge in [-0.3, -0.25) is 9.59 Å². The highest BCUT2D eigenvalue weighted by Gasteiger charge is 2.54. The van der Waals surface area contributed by atoms with Crippen molar-refractivity contribution in [2.24, 2.45) is 5.10 Å². The number of hydrogen-bond acceptors (Lipinski definition) is 5. The van der Waals surface area contributed by atoms with Gasteiger partial charge in [0.15, 0.2) is 0 Å². The molecule has 1 heterocycles. The number of carbonyl (C=O) groups is 2. The average Bonchev–Trinajstić information content (AvgIpc) is 3.33. The van der Waals surface area contributed by atoms with Gasteiger partial charge in [0, 0.05) is 35.6 Å². The Morgan fingerprint density at radius 1 is 0.767 bits per heavy atom. The maximum Gasteiger partial charge on any atom is 0.300 e. The van der Waals surface area contributed by atoms with Crippen LogP contribution >= 0.6 is 0 Å². The van der Waals surface area contributed by atoms with Crippen LogP contribution in [-0.4, -0.2) is 36.3 Å². The lowest BCUT2D eigenvalue weighted by Gasteiger charge is -2.33. The van der Waals surface area contributed by atoms with Gasteiger partial charge < -0.3 is 15.5 Å². The molecule has 7 heteroatoms. The molecule has 7 nitrogen and oxygen atoms in total. The topological polar surface area (TPSA) is 77.0 Å². The first kappa shape index (κ1) is 27.7.